The summed E-state index contributed by atoms with van der Waals surface area (Å²) < 4.78 is 17.4. The molecule has 7 heteroatoms. The summed E-state index contributed by atoms with van der Waals surface area (Å²) in [6, 6.07) is 5.18. The second-order valence-corrected chi connectivity index (χ2v) is 7.41. The molecule has 2 heterocycles. The van der Waals surface area contributed by atoms with Crippen molar-refractivity contribution < 1.29 is 18.5 Å². The zero-order chi connectivity index (χ0) is 19.1. The maximum absolute atomic E-state index is 12.3. The van der Waals surface area contributed by atoms with Crippen molar-refractivity contribution in [1.29, 1.82) is 0 Å². The van der Waals surface area contributed by atoms with Gasteiger partial charge in [-0.3, -0.25) is 9.59 Å². The van der Waals surface area contributed by atoms with Gasteiger partial charge in [-0.15, -0.1) is 0 Å². The van der Waals surface area contributed by atoms with Crippen LogP contribution in [0.3, 0.4) is 0 Å². The summed E-state index contributed by atoms with van der Waals surface area (Å²) in [4.78, 5) is 23.3. The Kier molecular flexibility index (Phi) is 4.64. The van der Waals surface area contributed by atoms with Crippen LogP contribution in [0.2, 0.25) is 0 Å². The van der Waals surface area contributed by atoms with Crippen LogP contribution in [-0.4, -0.2) is 31.2 Å². The number of rotatable bonds is 4. The van der Waals surface area contributed by atoms with Gasteiger partial charge in [0.15, 0.2) is 6.29 Å². The molecule has 1 aliphatic rings. The lowest BCUT2D eigenvalue weighted by molar-refractivity contribution is 0.00578. The predicted octanol–water partition coefficient (Wildman–Crippen LogP) is 2.58. The Bertz CT molecular complexity index is 929. The summed E-state index contributed by atoms with van der Waals surface area (Å²) in [6.45, 7) is 8.15. The maximum Gasteiger partial charge on any atom is 0.491 e. The lowest BCUT2D eigenvalue weighted by Gasteiger charge is -2.32. The Labute approximate surface area is 152 Å². The van der Waals surface area contributed by atoms with Crippen molar-refractivity contribution in [2.45, 2.75) is 38.9 Å². The average Bonchev–Trinajstić information content (AvgIpc) is 2.81. The number of hydrogen-bond donors (Lipinski definition) is 1. The predicted molar refractivity (Wildman–Crippen MR) is 101 cm³/mol. The number of carbonyl (C=O) groups is 1. The Morgan fingerprint density at radius 2 is 1.85 bits per heavy atom. The van der Waals surface area contributed by atoms with Crippen LogP contribution in [-0.2, 0) is 9.31 Å². The second kappa shape index (κ2) is 6.50. The third-order valence-electron chi connectivity index (χ3n) is 5.09. The smallest absolute Gasteiger partial charge is 0.463 e. The molecule has 0 saturated carbocycles. The zero-order valence-corrected chi connectivity index (χ0v) is 15.4. The number of carbonyl (C=O) groups excluding carboxylic acids is 1. The number of fused-ring (bicyclic) bond motifs is 1. The zero-order valence-electron chi connectivity index (χ0n) is 15.4. The minimum atomic E-state index is -0.557. The van der Waals surface area contributed by atoms with Crippen LogP contribution in [0.25, 0.3) is 17.0 Å². The summed E-state index contributed by atoms with van der Waals surface area (Å²) in [5, 5.41) is 0.341. The van der Waals surface area contributed by atoms with E-state index in [1.165, 1.54) is 6.26 Å². The van der Waals surface area contributed by atoms with Gasteiger partial charge >= 0.3 is 7.12 Å². The molecule has 0 aliphatic carbocycles. The highest BCUT2D eigenvalue weighted by Crippen LogP contribution is 2.38. The van der Waals surface area contributed by atoms with Crippen molar-refractivity contribution >= 4 is 30.4 Å². The van der Waals surface area contributed by atoms with E-state index in [2.05, 4.69) is 0 Å². The van der Waals surface area contributed by atoms with Crippen molar-refractivity contribution in [3.8, 4) is 0 Å². The van der Waals surface area contributed by atoms with Gasteiger partial charge in [0.25, 0.3) is 0 Å². The first-order chi connectivity index (χ1) is 12.2. The Hall–Kier alpha value is -2.22. The van der Waals surface area contributed by atoms with Crippen LogP contribution < -0.4 is 11.2 Å². The molecule has 0 radical (unpaired) electrons. The summed E-state index contributed by atoms with van der Waals surface area (Å²) in [5.41, 5.74) is 6.55. The lowest BCUT2D eigenvalue weighted by Crippen LogP contribution is -2.41. The number of hydrogen-bond acceptors (Lipinski definition) is 6. The van der Waals surface area contributed by atoms with Gasteiger partial charge in [-0.2, -0.15) is 0 Å². The van der Waals surface area contributed by atoms with E-state index in [0.29, 0.717) is 17.3 Å². The molecule has 136 valence electrons. The van der Waals surface area contributed by atoms with Gasteiger partial charge in [-0.25, -0.2) is 0 Å². The van der Waals surface area contributed by atoms with Crippen LogP contribution in [0, 0.1) is 0 Å². The van der Waals surface area contributed by atoms with Crippen LogP contribution in [0.5, 0.6) is 0 Å². The SMILES string of the molecule is CC1(C)OB(C(=Cc2ccc3occ(C=O)c(=O)c3c2)CN)OC1(C)C. The highest BCUT2D eigenvalue weighted by atomic mass is 16.7. The maximum atomic E-state index is 12.3. The van der Waals surface area contributed by atoms with Gasteiger partial charge in [-0.05, 0) is 50.9 Å². The molecule has 2 aromatic rings. The minimum Gasteiger partial charge on any atom is -0.463 e. The molecule has 1 saturated heterocycles. The fourth-order valence-corrected chi connectivity index (χ4v) is 2.77. The van der Waals surface area contributed by atoms with Crippen LogP contribution >= 0.6 is 0 Å². The topological polar surface area (TPSA) is 91.8 Å². The first kappa shape index (κ1) is 18.6. The first-order valence-corrected chi connectivity index (χ1v) is 8.45. The number of nitrogens with two attached hydrogens (primary N) is 1. The standard InChI is InChI=1S/C19H22BNO5/c1-18(2)19(3,4)26-20(25-18)14(9-21)7-12-5-6-16-15(8-12)17(23)13(10-22)11-24-16/h5-8,10-11H,9,21H2,1-4H3. The summed E-state index contributed by atoms with van der Waals surface area (Å²) >= 11 is 0. The number of aldehydes is 1. The van der Waals surface area contributed by atoms with Gasteiger partial charge in [0.2, 0.25) is 5.43 Å². The molecule has 6 nitrogen and oxygen atoms in total. The molecular weight excluding hydrogens is 333 g/mol. The Morgan fingerprint density at radius 3 is 2.42 bits per heavy atom. The van der Waals surface area contributed by atoms with Crippen LogP contribution in [0.1, 0.15) is 43.6 Å². The summed E-state index contributed by atoms with van der Waals surface area (Å²) in [5.74, 6) is 0. The molecule has 1 aliphatic heterocycles. The van der Waals surface area contributed by atoms with Gasteiger partial charge in [0, 0.05) is 6.54 Å². The van der Waals surface area contributed by atoms with E-state index < -0.39 is 18.3 Å². The van der Waals surface area contributed by atoms with E-state index in [0.717, 1.165) is 11.0 Å². The Balaban J connectivity index is 2.01. The van der Waals surface area contributed by atoms with Gasteiger partial charge in [0.1, 0.15) is 11.8 Å². The lowest BCUT2D eigenvalue weighted by atomic mass is 9.77. The average molecular weight is 355 g/mol. The number of benzene rings is 1. The molecule has 0 spiro atoms. The third kappa shape index (κ3) is 3.14. The second-order valence-electron chi connectivity index (χ2n) is 7.41. The van der Waals surface area contributed by atoms with E-state index in [9.17, 15) is 9.59 Å². The Morgan fingerprint density at radius 1 is 1.19 bits per heavy atom. The molecule has 1 aromatic heterocycles. The molecule has 0 unspecified atom stereocenters. The van der Waals surface area contributed by atoms with E-state index in [1.54, 1.807) is 12.1 Å². The van der Waals surface area contributed by atoms with E-state index in [-0.39, 0.29) is 17.5 Å². The van der Waals surface area contributed by atoms with Crippen LogP contribution in [0.15, 0.2) is 39.1 Å². The van der Waals surface area contributed by atoms with Crippen molar-refractivity contribution in [2.24, 2.45) is 5.73 Å². The van der Waals surface area contributed by atoms with Crippen molar-refractivity contribution in [1.82, 2.24) is 0 Å². The largest absolute Gasteiger partial charge is 0.491 e. The first-order valence-electron chi connectivity index (χ1n) is 8.45. The van der Waals surface area contributed by atoms with Crippen LogP contribution in [0.4, 0.5) is 0 Å². The highest BCUT2D eigenvalue weighted by Gasteiger charge is 2.52. The molecule has 0 amide bonds. The molecule has 3 rings (SSSR count). The highest BCUT2D eigenvalue weighted by molar-refractivity contribution is 6.55. The summed E-state index contributed by atoms with van der Waals surface area (Å²) in [6.07, 6.45) is 3.50. The molecular formula is C19H22BNO5. The molecule has 0 bridgehead atoms. The minimum absolute atomic E-state index is 0.0105. The van der Waals surface area contributed by atoms with E-state index in [1.807, 2.05) is 39.8 Å². The van der Waals surface area contributed by atoms with Crippen molar-refractivity contribution in [3.05, 3.63) is 51.3 Å². The van der Waals surface area contributed by atoms with E-state index in [4.69, 9.17) is 19.5 Å². The van der Waals surface area contributed by atoms with Gasteiger partial charge in [-0.1, -0.05) is 12.1 Å². The molecule has 26 heavy (non-hydrogen) atoms. The van der Waals surface area contributed by atoms with E-state index >= 15 is 0 Å². The van der Waals surface area contributed by atoms with Crippen molar-refractivity contribution in [2.75, 3.05) is 6.54 Å². The fourth-order valence-electron chi connectivity index (χ4n) is 2.77. The molecule has 0 atom stereocenters. The van der Waals surface area contributed by atoms with Crippen molar-refractivity contribution in [3.63, 3.8) is 0 Å². The monoisotopic (exact) mass is 355 g/mol. The van der Waals surface area contributed by atoms with Gasteiger partial charge < -0.3 is 19.5 Å². The fraction of sp³-hybridized carbons (Fsp3) is 0.368. The summed E-state index contributed by atoms with van der Waals surface area (Å²) in [7, 11) is -0.557. The molecule has 1 fully saturated rings. The normalized spacial score (nSPS) is 19.1. The third-order valence-corrected chi connectivity index (χ3v) is 5.09. The molecule has 2 N–H and O–H groups in total. The molecule has 1 aromatic carbocycles. The quantitative estimate of drug-likeness (QED) is 0.670. The van der Waals surface area contributed by atoms with Gasteiger partial charge in [0.05, 0.1) is 22.2 Å².